The molecule has 2 aliphatic rings. The molecule has 6 heteroatoms. The molecule has 112 valence electrons. The van der Waals surface area contributed by atoms with Crippen molar-refractivity contribution < 1.29 is 19.1 Å². The Hall–Kier alpha value is -2.11. The lowest BCUT2D eigenvalue weighted by Gasteiger charge is -2.36. The van der Waals surface area contributed by atoms with Crippen LogP contribution < -0.4 is 4.90 Å². The summed E-state index contributed by atoms with van der Waals surface area (Å²) in [5.41, 5.74) is 0.555. The summed E-state index contributed by atoms with van der Waals surface area (Å²) in [7, 11) is 0. The molecule has 0 unspecified atom stereocenters. The number of amides is 1. The topological polar surface area (TPSA) is 60.9 Å². The molecule has 0 radical (unpaired) electrons. The van der Waals surface area contributed by atoms with Gasteiger partial charge in [-0.05, 0) is 18.6 Å². The lowest BCUT2D eigenvalue weighted by Crippen LogP contribution is -2.49. The summed E-state index contributed by atoms with van der Waals surface area (Å²) in [6, 6.07) is 6.60. The van der Waals surface area contributed by atoms with E-state index in [4.69, 9.17) is 5.11 Å². The number of aliphatic carboxylic acids is 1. The molecule has 1 heterocycles. The summed E-state index contributed by atoms with van der Waals surface area (Å²) in [6.45, 7) is 2.15. The molecule has 3 rings (SSSR count). The number of carboxylic acid groups (broad SMARTS) is 1. The van der Waals surface area contributed by atoms with Gasteiger partial charge in [0.05, 0.1) is 17.5 Å². The van der Waals surface area contributed by atoms with Gasteiger partial charge in [0, 0.05) is 26.2 Å². The number of rotatable bonds is 3. The number of piperazine rings is 1. The van der Waals surface area contributed by atoms with Gasteiger partial charge in [-0.3, -0.25) is 9.59 Å². The maximum Gasteiger partial charge on any atom is 0.307 e. The van der Waals surface area contributed by atoms with Gasteiger partial charge in [0.1, 0.15) is 5.82 Å². The van der Waals surface area contributed by atoms with Crippen molar-refractivity contribution in [3.05, 3.63) is 30.1 Å². The van der Waals surface area contributed by atoms with Gasteiger partial charge in [-0.1, -0.05) is 12.1 Å². The zero-order valence-electron chi connectivity index (χ0n) is 11.5. The first-order valence-electron chi connectivity index (χ1n) is 7.09. The van der Waals surface area contributed by atoms with Gasteiger partial charge in [-0.25, -0.2) is 4.39 Å². The molecule has 1 aliphatic carbocycles. The number of carbonyl (C=O) groups is 2. The molecule has 1 aromatic rings. The van der Waals surface area contributed by atoms with Crippen molar-refractivity contribution in [2.45, 2.75) is 6.42 Å². The van der Waals surface area contributed by atoms with E-state index in [1.165, 1.54) is 6.07 Å². The monoisotopic (exact) mass is 292 g/mol. The molecule has 1 amide bonds. The second-order valence-corrected chi connectivity index (χ2v) is 5.55. The van der Waals surface area contributed by atoms with Crippen molar-refractivity contribution in [3.8, 4) is 0 Å². The third-order valence-electron chi connectivity index (χ3n) is 4.21. The summed E-state index contributed by atoms with van der Waals surface area (Å²) in [6.07, 6.45) is 0.446. The van der Waals surface area contributed by atoms with Crippen LogP contribution in [0.1, 0.15) is 6.42 Å². The van der Waals surface area contributed by atoms with Crippen molar-refractivity contribution in [3.63, 3.8) is 0 Å². The highest BCUT2D eigenvalue weighted by Gasteiger charge is 2.50. The zero-order chi connectivity index (χ0) is 15.0. The normalized spacial score (nSPS) is 24.8. The van der Waals surface area contributed by atoms with Crippen LogP contribution in [0.3, 0.4) is 0 Å². The smallest absolute Gasteiger partial charge is 0.307 e. The maximum absolute atomic E-state index is 13.7. The molecule has 0 spiro atoms. The first kappa shape index (κ1) is 13.9. The van der Waals surface area contributed by atoms with Crippen molar-refractivity contribution in [2.24, 2.45) is 11.8 Å². The molecule has 0 bridgehead atoms. The molecule has 2 atom stereocenters. The van der Waals surface area contributed by atoms with Crippen LogP contribution >= 0.6 is 0 Å². The Labute approximate surface area is 122 Å². The predicted octanol–water partition coefficient (Wildman–Crippen LogP) is 1.20. The van der Waals surface area contributed by atoms with E-state index in [2.05, 4.69) is 0 Å². The number of para-hydroxylation sites is 1. The Balaban J connectivity index is 1.57. The zero-order valence-corrected chi connectivity index (χ0v) is 11.5. The maximum atomic E-state index is 13.7. The highest BCUT2D eigenvalue weighted by atomic mass is 19.1. The minimum absolute atomic E-state index is 0.0735. The van der Waals surface area contributed by atoms with Gasteiger partial charge in [0.15, 0.2) is 0 Å². The highest BCUT2D eigenvalue weighted by Crippen LogP contribution is 2.40. The molecule has 0 aromatic heterocycles. The van der Waals surface area contributed by atoms with E-state index in [1.54, 1.807) is 23.1 Å². The van der Waals surface area contributed by atoms with E-state index >= 15 is 0 Å². The minimum Gasteiger partial charge on any atom is -0.481 e. The number of carboxylic acids is 1. The van der Waals surface area contributed by atoms with Crippen LogP contribution in [0.15, 0.2) is 24.3 Å². The number of hydrogen-bond donors (Lipinski definition) is 1. The number of nitrogens with zero attached hydrogens (tertiary/aromatic N) is 2. The number of benzene rings is 1. The molecule has 1 aromatic carbocycles. The van der Waals surface area contributed by atoms with Gasteiger partial charge in [-0.15, -0.1) is 0 Å². The molecule has 1 saturated carbocycles. The van der Waals surface area contributed by atoms with E-state index in [0.717, 1.165) is 0 Å². The Kier molecular flexibility index (Phi) is 3.53. The van der Waals surface area contributed by atoms with E-state index < -0.39 is 11.9 Å². The van der Waals surface area contributed by atoms with Crippen LogP contribution in [0.5, 0.6) is 0 Å². The Morgan fingerprint density at radius 1 is 1.10 bits per heavy atom. The second kappa shape index (κ2) is 5.35. The fourth-order valence-corrected chi connectivity index (χ4v) is 2.85. The molecule has 1 saturated heterocycles. The summed E-state index contributed by atoms with van der Waals surface area (Å²) >= 11 is 0. The lowest BCUT2D eigenvalue weighted by molar-refractivity contribution is -0.142. The van der Waals surface area contributed by atoms with Gasteiger partial charge in [-0.2, -0.15) is 0 Å². The number of halogens is 1. The van der Waals surface area contributed by atoms with E-state index in [1.807, 2.05) is 4.90 Å². The quantitative estimate of drug-likeness (QED) is 0.909. The summed E-state index contributed by atoms with van der Waals surface area (Å²) < 4.78 is 13.7. The van der Waals surface area contributed by atoms with Crippen molar-refractivity contribution in [1.82, 2.24) is 4.90 Å². The fraction of sp³-hybridized carbons (Fsp3) is 0.467. The number of hydrogen-bond acceptors (Lipinski definition) is 3. The minimum atomic E-state index is -0.890. The van der Waals surface area contributed by atoms with E-state index in [0.29, 0.717) is 38.3 Å². The molecule has 2 fully saturated rings. The van der Waals surface area contributed by atoms with Gasteiger partial charge >= 0.3 is 5.97 Å². The van der Waals surface area contributed by atoms with Gasteiger partial charge < -0.3 is 14.9 Å². The van der Waals surface area contributed by atoms with Crippen LogP contribution in [0.25, 0.3) is 0 Å². The summed E-state index contributed by atoms with van der Waals surface area (Å²) in [5, 5.41) is 8.87. The lowest BCUT2D eigenvalue weighted by atomic mass is 10.2. The third-order valence-corrected chi connectivity index (χ3v) is 4.21. The van der Waals surface area contributed by atoms with Gasteiger partial charge in [0.2, 0.25) is 5.91 Å². The van der Waals surface area contributed by atoms with Crippen molar-refractivity contribution >= 4 is 17.6 Å². The van der Waals surface area contributed by atoms with Crippen LogP contribution in [0, 0.1) is 17.7 Å². The Morgan fingerprint density at radius 3 is 2.33 bits per heavy atom. The molecule has 1 N–H and O–H groups in total. The third kappa shape index (κ3) is 2.70. The Morgan fingerprint density at radius 2 is 1.76 bits per heavy atom. The highest BCUT2D eigenvalue weighted by molar-refractivity contribution is 5.89. The van der Waals surface area contributed by atoms with Crippen LogP contribution in [0.2, 0.25) is 0 Å². The number of carbonyl (C=O) groups excluding carboxylic acids is 1. The van der Waals surface area contributed by atoms with E-state index in [9.17, 15) is 14.0 Å². The van der Waals surface area contributed by atoms with Crippen molar-refractivity contribution in [2.75, 3.05) is 31.1 Å². The molecular weight excluding hydrogens is 275 g/mol. The standard InChI is InChI=1S/C15H17FN2O3/c16-12-3-1-2-4-13(12)17-5-7-18(8-6-17)14(19)10-9-11(10)15(20)21/h1-4,10-11H,5-9H2,(H,20,21)/t10-,11+/m1/s1. The van der Waals surface area contributed by atoms with Crippen LogP contribution in [-0.4, -0.2) is 48.1 Å². The molecular formula is C15H17FN2O3. The van der Waals surface area contributed by atoms with Crippen molar-refractivity contribution in [1.29, 1.82) is 0 Å². The average molecular weight is 292 g/mol. The average Bonchev–Trinajstić information content (AvgIpc) is 3.28. The second-order valence-electron chi connectivity index (χ2n) is 5.55. The van der Waals surface area contributed by atoms with Crippen LogP contribution in [0.4, 0.5) is 10.1 Å². The fourth-order valence-electron chi connectivity index (χ4n) is 2.85. The van der Waals surface area contributed by atoms with Crippen LogP contribution in [-0.2, 0) is 9.59 Å². The SMILES string of the molecule is O=C(O)[C@H]1C[C@H]1C(=O)N1CCN(c2ccccc2F)CC1. The molecule has 21 heavy (non-hydrogen) atoms. The largest absolute Gasteiger partial charge is 0.481 e. The molecule has 5 nitrogen and oxygen atoms in total. The Bertz CT molecular complexity index is 570. The number of anilines is 1. The first-order chi connectivity index (χ1) is 10.1. The molecule has 1 aliphatic heterocycles. The summed E-state index contributed by atoms with van der Waals surface area (Å²) in [5.74, 6) is -2.09. The summed E-state index contributed by atoms with van der Waals surface area (Å²) in [4.78, 5) is 26.6. The van der Waals surface area contributed by atoms with Gasteiger partial charge in [0.25, 0.3) is 0 Å². The van der Waals surface area contributed by atoms with E-state index in [-0.39, 0.29) is 17.6 Å². The first-order valence-corrected chi connectivity index (χ1v) is 7.09. The predicted molar refractivity (Wildman–Crippen MR) is 74.4 cm³/mol.